The number of hydrogen-bond donors (Lipinski definition) is 1. The fourth-order valence-corrected chi connectivity index (χ4v) is 1.57. The van der Waals surface area contributed by atoms with Crippen LogP contribution in [0.1, 0.15) is 24.6 Å². The Morgan fingerprint density at radius 2 is 2.00 bits per heavy atom. The lowest BCUT2D eigenvalue weighted by Gasteiger charge is -2.03. The predicted molar refractivity (Wildman–Crippen MR) is 59.4 cm³/mol. The standard InChI is InChI=1S/C11H11N5/c12-10-5-8(9-6-13-3-4-14-9)15-11(16-10)7-1-2-7/h3-7H,1-2H2,(H2,12,15,16). The van der Waals surface area contributed by atoms with E-state index in [-0.39, 0.29) is 0 Å². The minimum Gasteiger partial charge on any atom is -0.384 e. The smallest absolute Gasteiger partial charge is 0.134 e. The van der Waals surface area contributed by atoms with Crippen LogP contribution in [0.25, 0.3) is 11.4 Å². The van der Waals surface area contributed by atoms with Gasteiger partial charge in [-0.3, -0.25) is 9.97 Å². The number of aromatic nitrogens is 4. The van der Waals surface area contributed by atoms with Crippen LogP contribution in [0.4, 0.5) is 5.82 Å². The topological polar surface area (TPSA) is 77.6 Å². The molecule has 0 atom stereocenters. The van der Waals surface area contributed by atoms with Gasteiger partial charge >= 0.3 is 0 Å². The molecule has 0 radical (unpaired) electrons. The van der Waals surface area contributed by atoms with Crippen molar-refractivity contribution in [2.24, 2.45) is 0 Å². The van der Waals surface area contributed by atoms with Crippen molar-refractivity contribution in [3.05, 3.63) is 30.5 Å². The third-order valence-electron chi connectivity index (χ3n) is 2.53. The lowest BCUT2D eigenvalue weighted by Crippen LogP contribution is -2.00. The van der Waals surface area contributed by atoms with E-state index in [9.17, 15) is 0 Å². The Kier molecular flexibility index (Phi) is 2.02. The maximum absolute atomic E-state index is 5.76. The van der Waals surface area contributed by atoms with Crippen molar-refractivity contribution in [2.45, 2.75) is 18.8 Å². The molecule has 0 aromatic carbocycles. The highest BCUT2D eigenvalue weighted by Gasteiger charge is 2.27. The summed E-state index contributed by atoms with van der Waals surface area (Å²) >= 11 is 0. The summed E-state index contributed by atoms with van der Waals surface area (Å²) in [5.74, 6) is 1.82. The van der Waals surface area contributed by atoms with Gasteiger partial charge in [0.1, 0.15) is 17.3 Å². The minimum absolute atomic E-state index is 0.485. The fraction of sp³-hybridized carbons (Fsp3) is 0.273. The predicted octanol–water partition coefficient (Wildman–Crippen LogP) is 1.39. The van der Waals surface area contributed by atoms with E-state index in [2.05, 4.69) is 19.9 Å². The maximum Gasteiger partial charge on any atom is 0.134 e. The second kappa shape index (κ2) is 3.52. The molecule has 80 valence electrons. The lowest BCUT2D eigenvalue weighted by molar-refractivity contribution is 0.932. The molecule has 0 aliphatic heterocycles. The Morgan fingerprint density at radius 3 is 2.69 bits per heavy atom. The number of nitrogens with zero attached hydrogens (tertiary/aromatic N) is 4. The van der Waals surface area contributed by atoms with Gasteiger partial charge in [0.2, 0.25) is 0 Å². The van der Waals surface area contributed by atoms with E-state index in [0.29, 0.717) is 11.7 Å². The van der Waals surface area contributed by atoms with Gasteiger partial charge in [0.25, 0.3) is 0 Å². The van der Waals surface area contributed by atoms with Gasteiger partial charge in [0.15, 0.2) is 0 Å². The zero-order valence-electron chi connectivity index (χ0n) is 8.67. The van der Waals surface area contributed by atoms with Crippen molar-refractivity contribution in [2.75, 3.05) is 5.73 Å². The van der Waals surface area contributed by atoms with Gasteiger partial charge < -0.3 is 5.73 Å². The SMILES string of the molecule is Nc1cc(-c2cnccn2)nc(C2CC2)n1. The highest BCUT2D eigenvalue weighted by Crippen LogP contribution is 2.38. The van der Waals surface area contributed by atoms with Gasteiger partial charge in [-0.2, -0.15) is 0 Å². The molecule has 5 nitrogen and oxygen atoms in total. The van der Waals surface area contributed by atoms with Gasteiger partial charge in [0, 0.05) is 24.4 Å². The van der Waals surface area contributed by atoms with E-state index in [1.807, 2.05) is 0 Å². The first-order valence-electron chi connectivity index (χ1n) is 5.24. The molecule has 0 amide bonds. The summed E-state index contributed by atoms with van der Waals surface area (Å²) in [5, 5.41) is 0. The highest BCUT2D eigenvalue weighted by atomic mass is 15.0. The summed E-state index contributed by atoms with van der Waals surface area (Å²) in [7, 11) is 0. The zero-order valence-corrected chi connectivity index (χ0v) is 8.67. The molecule has 2 heterocycles. The first-order chi connectivity index (χ1) is 7.83. The number of nitrogens with two attached hydrogens (primary N) is 1. The summed E-state index contributed by atoms with van der Waals surface area (Å²) in [6.07, 6.45) is 7.27. The molecule has 3 rings (SSSR count). The number of nitrogen functional groups attached to an aromatic ring is 1. The van der Waals surface area contributed by atoms with Gasteiger partial charge in [-0.1, -0.05) is 0 Å². The van der Waals surface area contributed by atoms with Crippen LogP contribution in [-0.4, -0.2) is 19.9 Å². The van der Waals surface area contributed by atoms with Crippen LogP contribution in [-0.2, 0) is 0 Å². The Labute approximate surface area is 92.8 Å². The molecule has 1 saturated carbocycles. The monoisotopic (exact) mass is 213 g/mol. The summed E-state index contributed by atoms with van der Waals surface area (Å²) < 4.78 is 0. The lowest BCUT2D eigenvalue weighted by atomic mass is 10.3. The molecule has 0 unspecified atom stereocenters. The molecule has 5 heteroatoms. The Hall–Kier alpha value is -2.04. The second-order valence-electron chi connectivity index (χ2n) is 3.90. The van der Waals surface area contributed by atoms with Crippen LogP contribution in [0, 0.1) is 0 Å². The molecule has 1 fully saturated rings. The quantitative estimate of drug-likeness (QED) is 0.815. The third-order valence-corrected chi connectivity index (χ3v) is 2.53. The Morgan fingerprint density at radius 1 is 1.12 bits per heavy atom. The molecule has 1 aliphatic carbocycles. The first kappa shape index (κ1) is 9.21. The van der Waals surface area contributed by atoms with E-state index in [4.69, 9.17) is 5.73 Å². The van der Waals surface area contributed by atoms with Crippen LogP contribution >= 0.6 is 0 Å². The Bertz CT molecular complexity index is 507. The molecule has 1 aliphatic rings. The van der Waals surface area contributed by atoms with E-state index >= 15 is 0 Å². The first-order valence-corrected chi connectivity index (χ1v) is 5.24. The minimum atomic E-state index is 0.485. The van der Waals surface area contributed by atoms with E-state index in [1.54, 1.807) is 24.7 Å². The zero-order chi connectivity index (χ0) is 11.0. The number of rotatable bonds is 2. The average molecular weight is 213 g/mol. The normalized spacial score (nSPS) is 15.0. The summed E-state index contributed by atoms with van der Waals surface area (Å²) in [4.78, 5) is 16.9. The number of hydrogen-bond acceptors (Lipinski definition) is 5. The molecule has 0 saturated heterocycles. The molecule has 0 spiro atoms. The molecule has 2 N–H and O–H groups in total. The molecular formula is C11H11N5. The molecule has 0 bridgehead atoms. The second-order valence-corrected chi connectivity index (χ2v) is 3.90. The van der Waals surface area contributed by atoms with Crippen LogP contribution in [0.15, 0.2) is 24.7 Å². The third kappa shape index (κ3) is 1.71. The van der Waals surface area contributed by atoms with Crippen LogP contribution in [0.5, 0.6) is 0 Å². The summed E-state index contributed by atoms with van der Waals surface area (Å²) in [5.41, 5.74) is 7.25. The molecule has 16 heavy (non-hydrogen) atoms. The highest BCUT2D eigenvalue weighted by molar-refractivity contribution is 5.56. The van der Waals surface area contributed by atoms with Crippen molar-refractivity contribution in [3.63, 3.8) is 0 Å². The van der Waals surface area contributed by atoms with Crippen LogP contribution in [0.2, 0.25) is 0 Å². The van der Waals surface area contributed by atoms with Crippen LogP contribution in [0.3, 0.4) is 0 Å². The largest absolute Gasteiger partial charge is 0.384 e. The van der Waals surface area contributed by atoms with Gasteiger partial charge in [-0.05, 0) is 12.8 Å². The van der Waals surface area contributed by atoms with Gasteiger partial charge in [-0.15, -0.1) is 0 Å². The summed E-state index contributed by atoms with van der Waals surface area (Å²) in [6.45, 7) is 0. The van der Waals surface area contributed by atoms with Crippen LogP contribution < -0.4 is 5.73 Å². The van der Waals surface area contributed by atoms with E-state index < -0.39 is 0 Å². The molecule has 2 aromatic rings. The average Bonchev–Trinajstić information content (AvgIpc) is 3.13. The molecular weight excluding hydrogens is 202 g/mol. The van der Waals surface area contributed by atoms with Gasteiger partial charge in [-0.25, -0.2) is 9.97 Å². The molecule has 2 aromatic heterocycles. The number of anilines is 1. The van der Waals surface area contributed by atoms with E-state index in [0.717, 1.165) is 30.1 Å². The van der Waals surface area contributed by atoms with Gasteiger partial charge in [0.05, 0.1) is 11.9 Å². The Balaban J connectivity index is 2.06. The van der Waals surface area contributed by atoms with Crippen molar-refractivity contribution in [1.82, 2.24) is 19.9 Å². The van der Waals surface area contributed by atoms with Crippen molar-refractivity contribution >= 4 is 5.82 Å². The van der Waals surface area contributed by atoms with E-state index in [1.165, 1.54) is 0 Å². The maximum atomic E-state index is 5.76. The summed E-state index contributed by atoms with van der Waals surface area (Å²) in [6, 6.07) is 1.73. The fourth-order valence-electron chi connectivity index (χ4n) is 1.57. The van der Waals surface area contributed by atoms with Crippen molar-refractivity contribution in [3.8, 4) is 11.4 Å². The van der Waals surface area contributed by atoms with Crippen molar-refractivity contribution in [1.29, 1.82) is 0 Å². The van der Waals surface area contributed by atoms with Crippen molar-refractivity contribution < 1.29 is 0 Å².